The summed E-state index contributed by atoms with van der Waals surface area (Å²) < 4.78 is 3.33. The lowest BCUT2D eigenvalue weighted by molar-refractivity contribution is 0.862. The average molecular weight is 411 g/mol. The van der Waals surface area contributed by atoms with Crippen LogP contribution < -0.4 is 5.56 Å². The van der Waals surface area contributed by atoms with Crippen LogP contribution in [0, 0.1) is 0 Å². The summed E-state index contributed by atoms with van der Waals surface area (Å²) in [7, 11) is 0. The predicted octanol–water partition coefficient (Wildman–Crippen LogP) is 4.95. The van der Waals surface area contributed by atoms with Gasteiger partial charge in [-0.15, -0.1) is 10.2 Å². The molecule has 2 aromatic heterocycles. The van der Waals surface area contributed by atoms with Crippen LogP contribution in [-0.4, -0.2) is 19.2 Å². The molecule has 2 aromatic carbocycles. The number of rotatable bonds is 5. The maximum atomic E-state index is 12.9. The Labute approximate surface area is 172 Å². The molecule has 0 unspecified atom stereocenters. The van der Waals surface area contributed by atoms with Gasteiger partial charge in [0.2, 0.25) is 5.65 Å². The number of hydrogen-bond acceptors (Lipinski definition) is 4. The number of fused-ring (bicyclic) bond motifs is 1. The van der Waals surface area contributed by atoms with Gasteiger partial charge in [0.05, 0.1) is 0 Å². The van der Waals surface area contributed by atoms with Gasteiger partial charge in [-0.05, 0) is 41.3 Å². The Hall–Kier alpha value is -2.57. The second-order valence-corrected chi connectivity index (χ2v) is 8.19. The van der Waals surface area contributed by atoms with Gasteiger partial charge in [-0.25, -0.2) is 0 Å². The Kier molecular flexibility index (Phi) is 5.24. The van der Waals surface area contributed by atoms with Crippen LogP contribution in [0.2, 0.25) is 5.02 Å². The van der Waals surface area contributed by atoms with Gasteiger partial charge in [-0.3, -0.25) is 13.8 Å². The van der Waals surface area contributed by atoms with E-state index in [2.05, 4.69) is 24.0 Å². The summed E-state index contributed by atoms with van der Waals surface area (Å²) in [6, 6.07) is 15.7. The first-order chi connectivity index (χ1) is 13.5. The Bertz CT molecular complexity index is 1180. The third-order valence-electron chi connectivity index (χ3n) is 4.53. The molecule has 0 amide bonds. The molecule has 0 saturated carbocycles. The lowest BCUT2D eigenvalue weighted by Crippen LogP contribution is -2.20. The maximum Gasteiger partial charge on any atom is 0.300 e. The van der Waals surface area contributed by atoms with Crippen molar-refractivity contribution < 1.29 is 0 Å². The van der Waals surface area contributed by atoms with Gasteiger partial charge < -0.3 is 0 Å². The van der Waals surface area contributed by atoms with Crippen molar-refractivity contribution >= 4 is 29.0 Å². The van der Waals surface area contributed by atoms with Crippen LogP contribution in [0.15, 0.2) is 70.9 Å². The van der Waals surface area contributed by atoms with Crippen molar-refractivity contribution in [3.05, 3.63) is 87.4 Å². The molecule has 0 bridgehead atoms. The van der Waals surface area contributed by atoms with Gasteiger partial charge >= 0.3 is 5.56 Å². The quantitative estimate of drug-likeness (QED) is 0.437. The van der Waals surface area contributed by atoms with E-state index in [0.717, 1.165) is 11.3 Å². The molecular formula is C21H19ClN4OS. The second kappa shape index (κ2) is 7.81. The van der Waals surface area contributed by atoms with Gasteiger partial charge in [0.1, 0.15) is 0 Å². The molecule has 7 heteroatoms. The van der Waals surface area contributed by atoms with E-state index in [9.17, 15) is 4.79 Å². The highest BCUT2D eigenvalue weighted by Gasteiger charge is 2.12. The topological polar surface area (TPSA) is 52.2 Å². The minimum Gasteiger partial charge on any atom is -0.280 e. The summed E-state index contributed by atoms with van der Waals surface area (Å²) in [5.41, 5.74) is 3.26. The molecule has 2 heterocycles. The third-order valence-corrected chi connectivity index (χ3v) is 5.78. The van der Waals surface area contributed by atoms with E-state index < -0.39 is 0 Å². The van der Waals surface area contributed by atoms with Crippen molar-refractivity contribution in [1.82, 2.24) is 19.2 Å². The fourth-order valence-corrected chi connectivity index (χ4v) is 4.04. The summed E-state index contributed by atoms with van der Waals surface area (Å²) in [6.45, 7) is 4.29. The van der Waals surface area contributed by atoms with Crippen molar-refractivity contribution in [2.75, 3.05) is 0 Å². The van der Waals surface area contributed by atoms with Crippen molar-refractivity contribution in [1.29, 1.82) is 0 Å². The Morgan fingerprint density at radius 2 is 1.86 bits per heavy atom. The van der Waals surface area contributed by atoms with E-state index in [1.807, 2.05) is 54.7 Å². The van der Waals surface area contributed by atoms with Crippen molar-refractivity contribution in [3.8, 4) is 5.69 Å². The van der Waals surface area contributed by atoms with Crippen LogP contribution in [0.25, 0.3) is 11.3 Å². The molecule has 4 aromatic rings. The van der Waals surface area contributed by atoms with Crippen LogP contribution in [0.3, 0.4) is 0 Å². The molecule has 0 N–H and O–H groups in total. The number of thioether (sulfide) groups is 1. The van der Waals surface area contributed by atoms with Crippen LogP contribution >= 0.6 is 23.4 Å². The highest BCUT2D eigenvalue weighted by Crippen LogP contribution is 2.23. The standard InChI is InChI=1S/C21H19ClN4OS/c1-14(2)16-6-8-18(9-7-16)25-10-11-26-19(20(25)27)23-24-21(26)28-13-15-4-3-5-17(22)12-15/h3-12,14H,13H2,1-2H3. The minimum atomic E-state index is -0.193. The van der Waals surface area contributed by atoms with Crippen LogP contribution in [0.5, 0.6) is 0 Å². The van der Waals surface area contributed by atoms with Gasteiger partial charge in [0.15, 0.2) is 5.16 Å². The van der Waals surface area contributed by atoms with Crippen LogP contribution in [-0.2, 0) is 5.75 Å². The van der Waals surface area contributed by atoms with Crippen LogP contribution in [0.4, 0.5) is 0 Å². The number of benzene rings is 2. The molecule has 0 fully saturated rings. The smallest absolute Gasteiger partial charge is 0.280 e. The largest absolute Gasteiger partial charge is 0.300 e. The van der Waals surface area contributed by atoms with E-state index in [0.29, 0.717) is 27.5 Å². The Morgan fingerprint density at radius 3 is 2.57 bits per heavy atom. The lowest BCUT2D eigenvalue weighted by atomic mass is 10.0. The molecule has 4 rings (SSSR count). The van der Waals surface area contributed by atoms with E-state index >= 15 is 0 Å². The number of aromatic nitrogens is 4. The number of halogens is 1. The zero-order chi connectivity index (χ0) is 19.7. The van der Waals surface area contributed by atoms with Gasteiger partial charge in [-0.1, -0.05) is 61.5 Å². The molecule has 5 nitrogen and oxygen atoms in total. The zero-order valence-corrected chi connectivity index (χ0v) is 17.1. The maximum absolute atomic E-state index is 12.9. The van der Waals surface area contributed by atoms with E-state index in [1.54, 1.807) is 15.2 Å². The summed E-state index contributed by atoms with van der Waals surface area (Å²) in [5.74, 6) is 1.14. The fraction of sp³-hybridized carbons (Fsp3) is 0.190. The molecule has 142 valence electrons. The second-order valence-electron chi connectivity index (χ2n) is 6.81. The Morgan fingerprint density at radius 1 is 1.07 bits per heavy atom. The predicted molar refractivity (Wildman–Crippen MR) is 114 cm³/mol. The highest BCUT2D eigenvalue weighted by molar-refractivity contribution is 7.98. The molecule has 0 aliphatic carbocycles. The molecule has 0 radical (unpaired) electrons. The van der Waals surface area contributed by atoms with Crippen LogP contribution in [0.1, 0.15) is 30.9 Å². The minimum absolute atomic E-state index is 0.193. The van der Waals surface area contributed by atoms with E-state index in [1.165, 1.54) is 17.3 Å². The Balaban J connectivity index is 1.63. The highest BCUT2D eigenvalue weighted by atomic mass is 35.5. The van der Waals surface area contributed by atoms with Gasteiger partial charge in [-0.2, -0.15) is 0 Å². The molecular weight excluding hydrogens is 392 g/mol. The molecule has 0 aliphatic rings. The summed E-state index contributed by atoms with van der Waals surface area (Å²) in [5, 5.41) is 9.69. The monoisotopic (exact) mass is 410 g/mol. The molecule has 0 aliphatic heterocycles. The SMILES string of the molecule is CC(C)c1ccc(-n2ccn3c(SCc4cccc(Cl)c4)nnc3c2=O)cc1. The van der Waals surface area contributed by atoms with Crippen molar-refractivity contribution in [2.24, 2.45) is 0 Å². The molecule has 28 heavy (non-hydrogen) atoms. The van der Waals surface area contributed by atoms with E-state index in [-0.39, 0.29) is 5.56 Å². The molecule has 0 saturated heterocycles. The van der Waals surface area contributed by atoms with Crippen molar-refractivity contribution in [3.63, 3.8) is 0 Å². The zero-order valence-electron chi connectivity index (χ0n) is 15.5. The summed E-state index contributed by atoms with van der Waals surface area (Å²) in [4.78, 5) is 12.9. The molecule has 0 spiro atoms. The van der Waals surface area contributed by atoms with Gasteiger partial charge in [0.25, 0.3) is 0 Å². The third kappa shape index (κ3) is 3.70. The van der Waals surface area contributed by atoms with Crippen molar-refractivity contribution in [2.45, 2.75) is 30.7 Å². The fourth-order valence-electron chi connectivity index (χ4n) is 2.96. The summed E-state index contributed by atoms with van der Waals surface area (Å²) >= 11 is 7.55. The first-order valence-corrected chi connectivity index (χ1v) is 10.3. The van der Waals surface area contributed by atoms with E-state index in [4.69, 9.17) is 11.6 Å². The molecule has 0 atom stereocenters. The first-order valence-electron chi connectivity index (χ1n) is 8.97. The summed E-state index contributed by atoms with van der Waals surface area (Å²) in [6.07, 6.45) is 3.58. The lowest BCUT2D eigenvalue weighted by Gasteiger charge is -2.09. The number of hydrogen-bond donors (Lipinski definition) is 0. The first kappa shape index (κ1) is 18.8. The van der Waals surface area contributed by atoms with Gasteiger partial charge in [0, 0.05) is 28.9 Å². The normalized spacial score (nSPS) is 11.4. The average Bonchev–Trinajstić information content (AvgIpc) is 3.11. The number of nitrogens with zero attached hydrogens (tertiary/aromatic N) is 4.